The van der Waals surface area contributed by atoms with E-state index in [1.54, 1.807) is 12.1 Å². The van der Waals surface area contributed by atoms with Crippen LogP contribution in [0.4, 0.5) is 5.69 Å². The molecular weight excluding hydrogens is 364 g/mol. The van der Waals surface area contributed by atoms with E-state index in [0.29, 0.717) is 36.1 Å². The molecule has 0 aliphatic carbocycles. The second-order valence-corrected chi connectivity index (χ2v) is 8.51. The van der Waals surface area contributed by atoms with Crippen LogP contribution in [0, 0.1) is 17.8 Å². The molecule has 2 aliphatic heterocycles. The lowest BCUT2D eigenvalue weighted by molar-refractivity contribution is -0.121. The second-order valence-electron chi connectivity index (χ2n) is 8.51. The van der Waals surface area contributed by atoms with Crippen LogP contribution in [-0.2, 0) is 11.2 Å². The lowest BCUT2D eigenvalue weighted by Gasteiger charge is -2.35. The fourth-order valence-electron chi connectivity index (χ4n) is 4.51. The Morgan fingerprint density at radius 1 is 1.00 bits per heavy atom. The van der Waals surface area contributed by atoms with Gasteiger partial charge in [-0.05, 0) is 48.4 Å². The number of carbonyl (C=O) groups is 2. The summed E-state index contributed by atoms with van der Waals surface area (Å²) in [6.45, 7) is 6.24. The molecule has 5 nitrogen and oxygen atoms in total. The largest absolute Gasteiger partial charge is 0.492 e. The first kappa shape index (κ1) is 19.5. The van der Waals surface area contributed by atoms with Gasteiger partial charge in [-0.25, -0.2) is 0 Å². The summed E-state index contributed by atoms with van der Waals surface area (Å²) in [5.74, 6) is 1.43. The lowest BCUT2D eigenvalue weighted by Crippen LogP contribution is -2.43. The predicted molar refractivity (Wildman–Crippen MR) is 113 cm³/mol. The molecule has 0 saturated carbocycles. The maximum absolute atomic E-state index is 13.2. The van der Waals surface area contributed by atoms with Crippen LogP contribution in [0.5, 0.6) is 5.75 Å². The molecule has 2 aromatic carbocycles. The second kappa shape index (κ2) is 8.27. The molecule has 0 spiro atoms. The maximum atomic E-state index is 13.2. The van der Waals surface area contributed by atoms with Crippen molar-refractivity contribution in [2.45, 2.75) is 26.7 Å². The Labute approximate surface area is 172 Å². The van der Waals surface area contributed by atoms with Gasteiger partial charge in [0.25, 0.3) is 5.91 Å². The van der Waals surface area contributed by atoms with Gasteiger partial charge in [0.2, 0.25) is 5.91 Å². The van der Waals surface area contributed by atoms with Crippen molar-refractivity contribution in [3.8, 4) is 5.75 Å². The number of nitrogens with zero attached hydrogens (tertiary/aromatic N) is 1. The van der Waals surface area contributed by atoms with Gasteiger partial charge in [0.15, 0.2) is 0 Å². The van der Waals surface area contributed by atoms with E-state index in [4.69, 9.17) is 4.74 Å². The third kappa shape index (κ3) is 4.29. The summed E-state index contributed by atoms with van der Waals surface area (Å²) in [4.78, 5) is 28.0. The van der Waals surface area contributed by atoms with Gasteiger partial charge < -0.3 is 15.0 Å². The molecule has 29 heavy (non-hydrogen) atoms. The molecule has 2 amide bonds. The van der Waals surface area contributed by atoms with Gasteiger partial charge in [-0.3, -0.25) is 9.59 Å². The Kier molecular flexibility index (Phi) is 5.56. The quantitative estimate of drug-likeness (QED) is 0.859. The Bertz CT molecular complexity index is 901. The number of anilines is 1. The molecule has 0 bridgehead atoms. The van der Waals surface area contributed by atoms with Crippen molar-refractivity contribution < 1.29 is 14.3 Å². The van der Waals surface area contributed by atoms with Crippen LogP contribution in [0.15, 0.2) is 48.5 Å². The van der Waals surface area contributed by atoms with Crippen molar-refractivity contribution >= 4 is 17.5 Å². The molecular formula is C24H28N2O3. The van der Waals surface area contributed by atoms with Crippen LogP contribution in [0.2, 0.25) is 0 Å². The Balaban J connectivity index is 1.49. The van der Waals surface area contributed by atoms with Crippen molar-refractivity contribution in [3.63, 3.8) is 0 Å². The smallest absolute Gasteiger partial charge is 0.255 e. The lowest BCUT2D eigenvalue weighted by atomic mass is 9.91. The third-order valence-corrected chi connectivity index (χ3v) is 5.82. The van der Waals surface area contributed by atoms with Gasteiger partial charge in [-0.2, -0.15) is 0 Å². The molecule has 2 heterocycles. The van der Waals surface area contributed by atoms with Crippen LogP contribution in [0.1, 0.15) is 36.2 Å². The van der Waals surface area contributed by atoms with Crippen molar-refractivity contribution in [3.05, 3.63) is 59.7 Å². The summed E-state index contributed by atoms with van der Waals surface area (Å²) < 4.78 is 5.76. The minimum atomic E-state index is -0.275. The molecule has 1 saturated heterocycles. The Morgan fingerprint density at radius 2 is 1.69 bits per heavy atom. The number of hydrogen-bond acceptors (Lipinski definition) is 3. The summed E-state index contributed by atoms with van der Waals surface area (Å²) in [6.07, 6.45) is 1.78. The van der Waals surface area contributed by atoms with Gasteiger partial charge in [0.1, 0.15) is 12.4 Å². The first-order valence-corrected chi connectivity index (χ1v) is 10.4. The van der Waals surface area contributed by atoms with E-state index < -0.39 is 0 Å². The minimum Gasteiger partial charge on any atom is -0.492 e. The van der Waals surface area contributed by atoms with E-state index in [0.717, 1.165) is 30.8 Å². The highest BCUT2D eigenvalue weighted by molar-refractivity contribution is 6.04. The van der Waals surface area contributed by atoms with Gasteiger partial charge in [-0.15, -0.1) is 0 Å². The van der Waals surface area contributed by atoms with Crippen LogP contribution < -0.4 is 10.1 Å². The van der Waals surface area contributed by atoms with Crippen molar-refractivity contribution in [1.82, 2.24) is 4.90 Å². The van der Waals surface area contributed by atoms with E-state index in [-0.39, 0.29) is 17.7 Å². The van der Waals surface area contributed by atoms with Crippen molar-refractivity contribution in [2.24, 2.45) is 17.8 Å². The maximum Gasteiger partial charge on any atom is 0.255 e. The normalized spacial score (nSPS) is 23.7. The number of rotatable bonds is 3. The van der Waals surface area contributed by atoms with E-state index in [1.807, 2.05) is 41.3 Å². The molecule has 1 N–H and O–H groups in total. The van der Waals surface area contributed by atoms with Gasteiger partial charge in [-0.1, -0.05) is 44.2 Å². The third-order valence-electron chi connectivity index (χ3n) is 5.82. The fourth-order valence-corrected chi connectivity index (χ4v) is 4.51. The highest BCUT2D eigenvalue weighted by Gasteiger charge is 2.29. The number of nitrogens with one attached hydrogen (secondary N) is 1. The minimum absolute atomic E-state index is 0.00969. The highest BCUT2D eigenvalue weighted by Crippen LogP contribution is 2.29. The molecule has 5 heteroatoms. The number of benzene rings is 2. The van der Waals surface area contributed by atoms with Gasteiger partial charge in [0, 0.05) is 13.1 Å². The summed E-state index contributed by atoms with van der Waals surface area (Å²) in [6, 6.07) is 15.1. The van der Waals surface area contributed by atoms with Crippen LogP contribution >= 0.6 is 0 Å². The molecule has 2 aromatic rings. The summed E-state index contributed by atoms with van der Waals surface area (Å²) >= 11 is 0. The SMILES string of the molecule is CC1CC(C)CN(C(=O)c2ccccc2NC(=O)C2COc3ccccc3C2)C1. The Morgan fingerprint density at radius 3 is 2.48 bits per heavy atom. The standard InChI is InChI=1S/C24H28N2O3/c1-16-11-17(2)14-26(13-16)24(28)20-8-4-5-9-21(20)25-23(27)19-12-18-7-3-6-10-22(18)29-15-19/h3-10,16-17,19H,11-15H2,1-2H3,(H,25,27). The van der Waals surface area contributed by atoms with Crippen molar-refractivity contribution in [2.75, 3.05) is 25.0 Å². The fraction of sp³-hybridized carbons (Fsp3) is 0.417. The molecule has 4 rings (SSSR count). The number of hydrogen-bond donors (Lipinski definition) is 1. The van der Waals surface area contributed by atoms with Crippen LogP contribution in [0.25, 0.3) is 0 Å². The zero-order valence-corrected chi connectivity index (χ0v) is 17.1. The van der Waals surface area contributed by atoms with Crippen LogP contribution in [-0.4, -0.2) is 36.4 Å². The number of fused-ring (bicyclic) bond motifs is 1. The van der Waals surface area contributed by atoms with Crippen LogP contribution in [0.3, 0.4) is 0 Å². The number of para-hydroxylation sites is 2. The topological polar surface area (TPSA) is 58.6 Å². The monoisotopic (exact) mass is 392 g/mol. The van der Waals surface area contributed by atoms with Gasteiger partial charge in [0.05, 0.1) is 17.2 Å². The van der Waals surface area contributed by atoms with E-state index in [2.05, 4.69) is 19.2 Å². The zero-order valence-electron chi connectivity index (χ0n) is 17.1. The summed E-state index contributed by atoms with van der Waals surface area (Å²) in [5, 5.41) is 2.99. The van der Waals surface area contributed by atoms with E-state index >= 15 is 0 Å². The molecule has 3 unspecified atom stereocenters. The average molecular weight is 392 g/mol. The van der Waals surface area contributed by atoms with E-state index in [1.165, 1.54) is 0 Å². The Hall–Kier alpha value is -2.82. The van der Waals surface area contributed by atoms with E-state index in [9.17, 15) is 9.59 Å². The number of likely N-dealkylation sites (tertiary alicyclic amines) is 1. The molecule has 1 fully saturated rings. The average Bonchev–Trinajstić information content (AvgIpc) is 2.72. The first-order chi connectivity index (χ1) is 14.0. The molecule has 0 aromatic heterocycles. The predicted octanol–water partition coefficient (Wildman–Crippen LogP) is 3.99. The molecule has 152 valence electrons. The first-order valence-electron chi connectivity index (χ1n) is 10.4. The molecule has 2 aliphatic rings. The molecule has 0 radical (unpaired) electrons. The number of amides is 2. The zero-order chi connectivity index (χ0) is 20.4. The number of carbonyl (C=O) groups excluding carboxylic acids is 2. The summed E-state index contributed by atoms with van der Waals surface area (Å²) in [5.41, 5.74) is 2.17. The number of ether oxygens (including phenoxy) is 1. The van der Waals surface area contributed by atoms with Crippen molar-refractivity contribution in [1.29, 1.82) is 0 Å². The molecule has 3 atom stereocenters. The summed E-state index contributed by atoms with van der Waals surface area (Å²) in [7, 11) is 0. The van der Waals surface area contributed by atoms with Gasteiger partial charge >= 0.3 is 0 Å². The highest BCUT2D eigenvalue weighted by atomic mass is 16.5. The number of piperidine rings is 1.